The van der Waals surface area contributed by atoms with Gasteiger partial charge in [-0.15, -0.1) is 5.10 Å². The van der Waals surface area contributed by atoms with Gasteiger partial charge in [0.05, 0.1) is 6.61 Å². The molecular weight excluding hydrogens is 274 g/mol. The molecule has 2 aliphatic rings. The molecule has 2 aliphatic heterocycles. The zero-order valence-electron chi connectivity index (χ0n) is 10.0. The summed E-state index contributed by atoms with van der Waals surface area (Å²) in [4.78, 5) is 11.9. The number of hydrazine groups is 3. The van der Waals surface area contributed by atoms with Crippen molar-refractivity contribution in [2.45, 2.75) is 24.5 Å². The Kier molecular flexibility index (Phi) is 3.04. The van der Waals surface area contributed by atoms with Crippen molar-refractivity contribution in [3.63, 3.8) is 0 Å². The molecule has 110 valence electrons. The minimum Gasteiger partial charge on any atom is -0.394 e. The van der Waals surface area contributed by atoms with Gasteiger partial charge in [0, 0.05) is 0 Å². The van der Waals surface area contributed by atoms with Gasteiger partial charge in [-0.1, -0.05) is 10.4 Å². The molecule has 12 heteroatoms. The summed E-state index contributed by atoms with van der Waals surface area (Å²) in [5.74, 6) is 4.83. The highest BCUT2D eigenvalue weighted by Crippen LogP contribution is 2.31. The van der Waals surface area contributed by atoms with E-state index in [1.165, 1.54) is 0 Å². The van der Waals surface area contributed by atoms with E-state index in [0.29, 0.717) is 0 Å². The maximum absolute atomic E-state index is 11.9. The number of aromatic nitrogens is 3. The first-order chi connectivity index (χ1) is 9.52. The third-order valence-electron chi connectivity index (χ3n) is 3.12. The van der Waals surface area contributed by atoms with E-state index in [4.69, 9.17) is 15.7 Å². The summed E-state index contributed by atoms with van der Waals surface area (Å²) >= 11 is 0. The highest BCUT2D eigenvalue weighted by atomic mass is 16.6. The SMILES string of the molecule is NN1NC(=O)c2c(nnn2C2O[C@H](CO)[C@@H](O)[C@H]2O)N1. The second-order valence-electron chi connectivity index (χ2n) is 4.38. The number of fused-ring (bicyclic) bond motifs is 1. The van der Waals surface area contributed by atoms with Gasteiger partial charge in [0.2, 0.25) is 0 Å². The van der Waals surface area contributed by atoms with Crippen LogP contribution in [0.1, 0.15) is 16.7 Å². The third-order valence-corrected chi connectivity index (χ3v) is 3.12. The molecular formula is C8H13N7O5. The number of hydrogen-bond donors (Lipinski definition) is 6. The molecule has 1 amide bonds. The van der Waals surface area contributed by atoms with Crippen LogP contribution in [0.15, 0.2) is 0 Å². The fourth-order valence-electron chi connectivity index (χ4n) is 2.14. The van der Waals surface area contributed by atoms with E-state index in [1.54, 1.807) is 0 Å². The Morgan fingerprint density at radius 3 is 2.75 bits per heavy atom. The highest BCUT2D eigenvalue weighted by molar-refractivity contribution is 5.97. The number of amides is 1. The maximum atomic E-state index is 11.9. The van der Waals surface area contributed by atoms with Crippen LogP contribution in [0.4, 0.5) is 5.82 Å². The first-order valence-corrected chi connectivity index (χ1v) is 5.73. The van der Waals surface area contributed by atoms with Crippen molar-refractivity contribution in [1.29, 1.82) is 0 Å². The number of rotatable bonds is 2. The van der Waals surface area contributed by atoms with Gasteiger partial charge in [0.15, 0.2) is 17.7 Å². The predicted molar refractivity (Wildman–Crippen MR) is 60.1 cm³/mol. The van der Waals surface area contributed by atoms with E-state index in [0.717, 1.165) is 9.91 Å². The Morgan fingerprint density at radius 1 is 1.35 bits per heavy atom. The van der Waals surface area contributed by atoms with Gasteiger partial charge in [0.1, 0.15) is 18.3 Å². The molecule has 1 aromatic rings. The number of nitrogens with two attached hydrogens (primary N) is 1. The van der Waals surface area contributed by atoms with Crippen LogP contribution in [0.3, 0.4) is 0 Å². The summed E-state index contributed by atoms with van der Waals surface area (Å²) in [5, 5.41) is 36.8. The average molecular weight is 287 g/mol. The van der Waals surface area contributed by atoms with Crippen LogP contribution in [0.25, 0.3) is 0 Å². The normalized spacial score (nSPS) is 33.7. The lowest BCUT2D eigenvalue weighted by molar-refractivity contribution is -0.0603. The van der Waals surface area contributed by atoms with Crippen molar-refractivity contribution in [2.75, 3.05) is 12.0 Å². The molecule has 1 saturated heterocycles. The molecule has 0 bridgehead atoms. The van der Waals surface area contributed by atoms with Crippen molar-refractivity contribution >= 4 is 11.7 Å². The van der Waals surface area contributed by atoms with E-state index in [9.17, 15) is 15.0 Å². The van der Waals surface area contributed by atoms with E-state index in [-0.39, 0.29) is 11.5 Å². The van der Waals surface area contributed by atoms with Gasteiger partial charge in [0.25, 0.3) is 5.91 Å². The van der Waals surface area contributed by atoms with Crippen LogP contribution in [0.2, 0.25) is 0 Å². The van der Waals surface area contributed by atoms with E-state index in [1.807, 2.05) is 0 Å². The predicted octanol–water partition coefficient (Wildman–Crippen LogP) is -3.95. The summed E-state index contributed by atoms with van der Waals surface area (Å²) in [7, 11) is 0. The van der Waals surface area contributed by atoms with Crippen LogP contribution in [0.5, 0.6) is 0 Å². The molecule has 0 aromatic carbocycles. The third kappa shape index (κ3) is 1.82. The summed E-state index contributed by atoms with van der Waals surface area (Å²) in [6.07, 6.45) is -4.77. The van der Waals surface area contributed by atoms with Crippen LogP contribution in [0, 0.1) is 0 Å². The lowest BCUT2D eigenvalue weighted by atomic mass is 10.1. The van der Waals surface area contributed by atoms with Crippen molar-refractivity contribution in [3.05, 3.63) is 5.69 Å². The number of nitrogens with one attached hydrogen (secondary N) is 2. The molecule has 12 nitrogen and oxygen atoms in total. The lowest BCUT2D eigenvalue weighted by Crippen LogP contribution is -2.54. The highest BCUT2D eigenvalue weighted by Gasteiger charge is 2.46. The topological polar surface area (TPSA) is 171 Å². The Bertz CT molecular complexity index is 535. The molecule has 4 atom stereocenters. The van der Waals surface area contributed by atoms with Gasteiger partial charge in [-0.05, 0) is 0 Å². The van der Waals surface area contributed by atoms with Gasteiger partial charge < -0.3 is 20.1 Å². The summed E-state index contributed by atoms with van der Waals surface area (Å²) in [5.41, 5.74) is 4.76. The molecule has 3 heterocycles. The van der Waals surface area contributed by atoms with Crippen molar-refractivity contribution < 1.29 is 24.9 Å². The van der Waals surface area contributed by atoms with Crippen molar-refractivity contribution in [1.82, 2.24) is 25.6 Å². The second kappa shape index (κ2) is 4.62. The number of nitrogens with zero attached hydrogens (tertiary/aromatic N) is 4. The van der Waals surface area contributed by atoms with E-state index in [2.05, 4.69) is 21.2 Å². The van der Waals surface area contributed by atoms with E-state index < -0.39 is 37.1 Å². The Balaban J connectivity index is 1.95. The number of aliphatic hydroxyl groups excluding tert-OH is 3. The van der Waals surface area contributed by atoms with Crippen LogP contribution >= 0.6 is 0 Å². The van der Waals surface area contributed by atoms with E-state index >= 15 is 0 Å². The van der Waals surface area contributed by atoms with Crippen LogP contribution in [-0.2, 0) is 4.74 Å². The smallest absolute Gasteiger partial charge is 0.290 e. The molecule has 0 aliphatic carbocycles. The zero-order chi connectivity index (χ0) is 14.4. The Hall–Kier alpha value is -1.83. The van der Waals surface area contributed by atoms with Gasteiger partial charge in [-0.3, -0.25) is 15.6 Å². The van der Waals surface area contributed by atoms with Crippen LogP contribution < -0.4 is 16.7 Å². The Morgan fingerprint density at radius 2 is 2.10 bits per heavy atom. The molecule has 0 radical (unpaired) electrons. The minimum atomic E-state index is -1.36. The molecule has 7 N–H and O–H groups in total. The van der Waals surface area contributed by atoms with Gasteiger partial charge in [-0.2, -0.15) is 0 Å². The summed E-state index contributed by atoms with van der Waals surface area (Å²) < 4.78 is 6.30. The van der Waals surface area contributed by atoms with Gasteiger partial charge >= 0.3 is 0 Å². The molecule has 3 rings (SSSR count). The number of ether oxygens (including phenoxy) is 1. The number of carbonyl (C=O) groups is 1. The number of anilines is 1. The number of aliphatic hydroxyl groups is 3. The maximum Gasteiger partial charge on any atom is 0.290 e. The zero-order valence-corrected chi connectivity index (χ0v) is 10.0. The van der Waals surface area contributed by atoms with Crippen molar-refractivity contribution in [3.8, 4) is 0 Å². The van der Waals surface area contributed by atoms with Crippen LogP contribution in [-0.4, -0.2) is 66.4 Å². The second-order valence-corrected chi connectivity index (χ2v) is 4.38. The standard InChI is InChI=1S/C8H13N7O5/c9-15-11-6-3(7(19)12-15)14(13-10-6)8-5(18)4(17)2(1-16)20-8/h2,4-5,8,11,16-18H,1,9H2,(H,12,19)/t2-,4-,5-,8?/m1/s1. The van der Waals surface area contributed by atoms with Crippen molar-refractivity contribution in [2.24, 2.45) is 5.84 Å². The summed E-state index contributed by atoms with van der Waals surface area (Å²) in [6.45, 7) is -0.480. The number of hydrogen-bond acceptors (Lipinski definition) is 10. The fraction of sp³-hybridized carbons (Fsp3) is 0.625. The minimum absolute atomic E-state index is 0.0125. The molecule has 1 fully saturated rings. The quantitative estimate of drug-likeness (QED) is 0.295. The summed E-state index contributed by atoms with van der Waals surface area (Å²) in [6, 6.07) is 0. The molecule has 0 saturated carbocycles. The largest absolute Gasteiger partial charge is 0.394 e. The molecule has 20 heavy (non-hydrogen) atoms. The van der Waals surface area contributed by atoms with Gasteiger partial charge in [-0.25, -0.2) is 10.5 Å². The average Bonchev–Trinajstić information content (AvgIpc) is 2.93. The first-order valence-electron chi connectivity index (χ1n) is 5.73. The molecule has 1 unspecified atom stereocenters. The molecule has 0 spiro atoms. The Labute approximate surface area is 111 Å². The number of carbonyl (C=O) groups excluding carboxylic acids is 1. The fourth-order valence-corrected chi connectivity index (χ4v) is 2.14. The lowest BCUT2D eigenvalue weighted by Gasteiger charge is -2.24. The monoisotopic (exact) mass is 287 g/mol. The molecule has 1 aromatic heterocycles. The first kappa shape index (κ1) is 13.2.